The summed E-state index contributed by atoms with van der Waals surface area (Å²) in [5.41, 5.74) is 7.29. The average Bonchev–Trinajstić information content (AvgIpc) is 2.71. The lowest BCUT2D eigenvalue weighted by Gasteiger charge is -2.30. The molecule has 0 atom stereocenters. The molecule has 3 heterocycles. The highest BCUT2D eigenvalue weighted by atomic mass is 32.2. The minimum Gasteiger partial charge on any atom is -0.331 e. The summed E-state index contributed by atoms with van der Waals surface area (Å²) in [6, 6.07) is 13.0. The normalized spacial score (nSPS) is 15.7. The van der Waals surface area contributed by atoms with Crippen molar-refractivity contribution in [2.45, 2.75) is 34.1 Å². The van der Waals surface area contributed by atoms with Crippen LogP contribution in [0, 0.1) is 6.92 Å². The van der Waals surface area contributed by atoms with Crippen molar-refractivity contribution in [2.75, 3.05) is 12.3 Å². The molecule has 0 radical (unpaired) electrons. The van der Waals surface area contributed by atoms with Crippen molar-refractivity contribution >= 4 is 23.4 Å². The molecule has 140 valence electrons. The fourth-order valence-corrected chi connectivity index (χ4v) is 3.83. The van der Waals surface area contributed by atoms with Gasteiger partial charge in [0.1, 0.15) is 5.84 Å². The van der Waals surface area contributed by atoms with Gasteiger partial charge in [-0.15, -0.1) is 0 Å². The summed E-state index contributed by atoms with van der Waals surface area (Å²) in [5.74, 6) is 2.12. The van der Waals surface area contributed by atoms with Crippen molar-refractivity contribution in [3.8, 4) is 0 Å². The van der Waals surface area contributed by atoms with E-state index in [1.807, 2.05) is 20.0 Å². The molecule has 0 bridgehead atoms. The van der Waals surface area contributed by atoms with Crippen molar-refractivity contribution in [1.29, 1.82) is 0 Å². The van der Waals surface area contributed by atoms with Gasteiger partial charge in [-0.2, -0.15) is 4.40 Å². The van der Waals surface area contributed by atoms with Crippen molar-refractivity contribution in [3.05, 3.63) is 82.8 Å². The molecule has 0 spiro atoms. The van der Waals surface area contributed by atoms with Gasteiger partial charge in [-0.1, -0.05) is 44.2 Å². The van der Waals surface area contributed by atoms with Crippen molar-refractivity contribution < 1.29 is 0 Å². The minimum absolute atomic E-state index is 0.863. The highest BCUT2D eigenvalue weighted by Gasteiger charge is 2.22. The average molecular weight is 378 g/mol. The smallest absolute Gasteiger partial charge is 0.148 e. The van der Waals surface area contributed by atoms with Crippen LogP contribution in [0.2, 0.25) is 0 Å². The third-order valence-electron chi connectivity index (χ3n) is 4.44. The molecule has 0 fully saturated rings. The number of allylic oxidation sites excluding steroid dienone is 2. The zero-order chi connectivity index (χ0) is 19.2. The number of hydrogen-bond acceptors (Lipinski definition) is 4. The highest BCUT2D eigenvalue weighted by Crippen LogP contribution is 2.29. The van der Waals surface area contributed by atoms with Gasteiger partial charge in [-0.3, -0.25) is 4.98 Å². The third-order valence-corrected chi connectivity index (χ3v) is 5.11. The number of rotatable bonds is 3. The van der Waals surface area contributed by atoms with E-state index in [1.54, 1.807) is 11.9 Å². The van der Waals surface area contributed by atoms with Gasteiger partial charge >= 0.3 is 0 Å². The maximum Gasteiger partial charge on any atom is 0.148 e. The molecule has 0 aliphatic carbocycles. The van der Waals surface area contributed by atoms with Gasteiger partial charge in [0.25, 0.3) is 0 Å². The van der Waals surface area contributed by atoms with Crippen LogP contribution in [-0.4, -0.2) is 28.0 Å². The van der Waals surface area contributed by atoms with E-state index in [2.05, 4.69) is 76.8 Å². The van der Waals surface area contributed by atoms with E-state index in [4.69, 9.17) is 0 Å². The molecule has 0 saturated heterocycles. The number of nitrogens with zero attached hydrogens (tertiary/aromatic N) is 3. The molecule has 27 heavy (non-hydrogen) atoms. The van der Waals surface area contributed by atoms with E-state index in [9.17, 15) is 0 Å². The summed E-state index contributed by atoms with van der Waals surface area (Å²) in [7, 11) is 0. The number of aromatic nitrogens is 1. The van der Waals surface area contributed by atoms with E-state index in [-0.39, 0.29) is 0 Å². The predicted octanol–water partition coefficient (Wildman–Crippen LogP) is 5.67. The molecule has 0 saturated carbocycles. The first kappa shape index (κ1) is 19.4. The molecule has 0 amide bonds. The third kappa shape index (κ3) is 4.69. The molecule has 0 N–H and O–H groups in total. The van der Waals surface area contributed by atoms with E-state index in [0.29, 0.717) is 0 Å². The molecule has 3 nitrogen and oxygen atoms in total. The number of benzene rings is 1. The monoisotopic (exact) mass is 377 g/mol. The molecular formula is C23H27N3S. The molecular weight excluding hydrogens is 350 g/mol. The van der Waals surface area contributed by atoms with Crippen molar-refractivity contribution in [3.63, 3.8) is 0 Å². The maximum atomic E-state index is 4.68. The number of pyridine rings is 1. The fourth-order valence-electron chi connectivity index (χ4n) is 3.14. The van der Waals surface area contributed by atoms with Gasteiger partial charge in [0.2, 0.25) is 0 Å². The summed E-state index contributed by atoms with van der Waals surface area (Å²) < 4.78 is 4.68. The Kier molecular flexibility index (Phi) is 6.51. The molecule has 2 aliphatic rings. The number of hydrogen-bond donors (Lipinski definition) is 0. The van der Waals surface area contributed by atoms with Gasteiger partial charge < -0.3 is 4.90 Å². The summed E-state index contributed by atoms with van der Waals surface area (Å²) in [6.45, 7) is 9.24. The first-order valence-corrected chi connectivity index (χ1v) is 10.5. The number of amidine groups is 1. The van der Waals surface area contributed by atoms with Crippen LogP contribution in [0.3, 0.4) is 0 Å². The molecule has 1 aromatic heterocycles. The maximum absolute atomic E-state index is 4.68. The fraction of sp³-hybridized carbons (Fsp3) is 0.304. The van der Waals surface area contributed by atoms with Gasteiger partial charge in [0.15, 0.2) is 0 Å². The molecule has 4 rings (SSSR count). The standard InChI is InChI=1S/C21H21N3S.C2H6/c1-15-3-8-19(22-13-15)12-17-4-6-18(7-5-17)20-11-16(2)14-24-9-10-25-23-21(20)24;1-2/h3-8,11,13-14H,9-10,12H2,1-2H3;1-2H3. The molecule has 4 heteroatoms. The second-order valence-corrected chi connectivity index (χ2v) is 7.42. The van der Waals surface area contributed by atoms with Crippen LogP contribution >= 0.6 is 11.9 Å². The molecule has 2 aromatic rings. The van der Waals surface area contributed by atoms with Crippen LogP contribution in [-0.2, 0) is 6.42 Å². The first-order chi connectivity index (χ1) is 13.2. The van der Waals surface area contributed by atoms with Crippen LogP contribution in [0.1, 0.15) is 43.2 Å². The minimum atomic E-state index is 0.863. The lowest BCUT2D eigenvalue weighted by molar-refractivity contribution is 0.589. The quantitative estimate of drug-likeness (QED) is 0.645. The first-order valence-electron chi connectivity index (χ1n) is 9.57. The zero-order valence-electron chi connectivity index (χ0n) is 16.6. The van der Waals surface area contributed by atoms with Crippen LogP contribution in [0.15, 0.2) is 64.8 Å². The van der Waals surface area contributed by atoms with Gasteiger partial charge in [0.05, 0.1) is 0 Å². The second-order valence-electron chi connectivity index (χ2n) is 6.57. The zero-order valence-corrected chi connectivity index (χ0v) is 17.4. The summed E-state index contributed by atoms with van der Waals surface area (Å²) in [6.07, 6.45) is 7.22. The van der Waals surface area contributed by atoms with Gasteiger partial charge in [-0.25, -0.2) is 0 Å². The van der Waals surface area contributed by atoms with Crippen LogP contribution < -0.4 is 0 Å². The topological polar surface area (TPSA) is 28.5 Å². The summed E-state index contributed by atoms with van der Waals surface area (Å²) in [5, 5.41) is 0. The highest BCUT2D eigenvalue weighted by molar-refractivity contribution is 7.98. The largest absolute Gasteiger partial charge is 0.331 e. The Morgan fingerprint density at radius 1 is 1.04 bits per heavy atom. The van der Waals surface area contributed by atoms with Crippen LogP contribution in [0.25, 0.3) is 5.57 Å². The molecule has 0 unspecified atom stereocenters. The van der Waals surface area contributed by atoms with Crippen molar-refractivity contribution in [1.82, 2.24) is 9.88 Å². The lowest BCUT2D eigenvalue weighted by Crippen LogP contribution is -2.33. The molecule has 2 aliphatic heterocycles. The van der Waals surface area contributed by atoms with Crippen LogP contribution in [0.4, 0.5) is 0 Å². The van der Waals surface area contributed by atoms with E-state index >= 15 is 0 Å². The Balaban J connectivity index is 0.00000102. The number of fused-ring (bicyclic) bond motifs is 1. The van der Waals surface area contributed by atoms with Gasteiger partial charge in [0, 0.05) is 42.4 Å². The van der Waals surface area contributed by atoms with E-state index in [1.165, 1.54) is 27.8 Å². The summed E-state index contributed by atoms with van der Waals surface area (Å²) >= 11 is 1.65. The van der Waals surface area contributed by atoms with Crippen LogP contribution in [0.5, 0.6) is 0 Å². The Morgan fingerprint density at radius 2 is 1.81 bits per heavy atom. The Hall–Kier alpha value is -2.33. The summed E-state index contributed by atoms with van der Waals surface area (Å²) in [4.78, 5) is 6.77. The van der Waals surface area contributed by atoms with E-state index in [0.717, 1.165) is 30.2 Å². The van der Waals surface area contributed by atoms with Crippen molar-refractivity contribution in [2.24, 2.45) is 4.40 Å². The Morgan fingerprint density at radius 3 is 2.52 bits per heavy atom. The number of aryl methyl sites for hydroxylation is 1. The molecule has 1 aromatic carbocycles. The van der Waals surface area contributed by atoms with Gasteiger partial charge in [-0.05, 0) is 60.2 Å². The second kappa shape index (κ2) is 9.05. The lowest BCUT2D eigenvalue weighted by atomic mass is 9.97. The Bertz CT molecular complexity index is 862. The Labute approximate surface area is 167 Å². The van der Waals surface area contributed by atoms with E-state index < -0.39 is 0 Å². The SMILES string of the molecule is CC.CC1=CN2CCSN=C2C(c2ccc(Cc3ccc(C)cn3)cc2)=C1. The predicted molar refractivity (Wildman–Crippen MR) is 118 cm³/mol.